The van der Waals surface area contributed by atoms with Gasteiger partial charge >= 0.3 is 5.97 Å². The summed E-state index contributed by atoms with van der Waals surface area (Å²) in [6.45, 7) is 9.35. The number of anilines is 1. The fraction of sp³-hybridized carbons (Fsp3) is 0.679. The van der Waals surface area contributed by atoms with Crippen molar-refractivity contribution in [2.45, 2.75) is 45.2 Å². The molecule has 1 amide bonds. The molecule has 1 saturated heterocycles. The highest BCUT2D eigenvalue weighted by Gasteiger charge is 2.26. The van der Waals surface area contributed by atoms with Crippen LogP contribution in [-0.4, -0.2) is 103 Å². The zero-order valence-corrected chi connectivity index (χ0v) is 25.4. The highest BCUT2D eigenvalue weighted by molar-refractivity contribution is 6.18. The molecule has 1 aromatic heterocycles. The second kappa shape index (κ2) is 16.4. The molecule has 1 fully saturated rings. The molecular formula is C28H44Cl2N6O4. The Morgan fingerprint density at radius 3 is 2.55 bits per heavy atom. The lowest BCUT2D eigenvalue weighted by Crippen LogP contribution is -2.50. The van der Waals surface area contributed by atoms with Crippen LogP contribution in [0.25, 0.3) is 11.0 Å². The van der Waals surface area contributed by atoms with E-state index in [0.717, 1.165) is 35.6 Å². The van der Waals surface area contributed by atoms with Crippen LogP contribution in [0.2, 0.25) is 0 Å². The van der Waals surface area contributed by atoms with Crippen molar-refractivity contribution in [1.82, 2.24) is 19.8 Å². The smallest absolute Gasteiger partial charge is 0.328 e. The zero-order valence-electron chi connectivity index (χ0n) is 23.9. The number of nitrogens with two attached hydrogens (primary N) is 1. The lowest BCUT2D eigenvalue weighted by Gasteiger charge is -2.27. The van der Waals surface area contributed by atoms with E-state index in [9.17, 15) is 9.59 Å². The fourth-order valence-electron chi connectivity index (χ4n) is 4.81. The number of nitrogens with zero attached hydrogens (tertiary/aromatic N) is 4. The first-order valence-corrected chi connectivity index (χ1v) is 15.1. The minimum absolute atomic E-state index is 0.197. The molecule has 0 aliphatic carbocycles. The van der Waals surface area contributed by atoms with Gasteiger partial charge in [-0.05, 0) is 37.0 Å². The number of ether oxygens (including phenoxy) is 2. The van der Waals surface area contributed by atoms with Crippen molar-refractivity contribution in [2.75, 3.05) is 69.2 Å². The Labute approximate surface area is 247 Å². The van der Waals surface area contributed by atoms with Gasteiger partial charge in [-0.2, -0.15) is 0 Å². The standard InChI is InChI=1S/C28H44Cl2N6O4/c1-20(2)18-24(28(38)40-17-14-35-12-15-39-16-13-35)33-27(37)22(31)5-7-26-32-23-19-21(4-6-25(23)34(26)3)36(10-8-29)11-9-30/h4,6,19-20,22,24H,5,7-18,31H2,1-3H3,(H,33,37)/t22-,24-/m0/s1. The van der Waals surface area contributed by atoms with E-state index in [1.807, 2.05) is 43.7 Å². The molecule has 1 aliphatic rings. The molecule has 40 heavy (non-hydrogen) atoms. The average Bonchev–Trinajstić information content (AvgIpc) is 3.25. The minimum atomic E-state index is -0.783. The molecule has 2 aromatic rings. The van der Waals surface area contributed by atoms with Crippen molar-refractivity contribution in [3.63, 3.8) is 0 Å². The topological polar surface area (TPSA) is 115 Å². The lowest BCUT2D eigenvalue weighted by molar-refractivity contribution is -0.149. The number of halogens is 2. The van der Waals surface area contributed by atoms with Gasteiger partial charge in [0, 0.05) is 63.6 Å². The number of alkyl halides is 2. The van der Waals surface area contributed by atoms with Gasteiger partial charge in [0.2, 0.25) is 5.91 Å². The third-order valence-corrected chi connectivity index (χ3v) is 7.45. The van der Waals surface area contributed by atoms with Gasteiger partial charge in [0.1, 0.15) is 18.5 Å². The molecule has 1 aliphatic heterocycles. The van der Waals surface area contributed by atoms with Gasteiger partial charge in [-0.15, -0.1) is 23.2 Å². The Hall–Kier alpha value is -2.11. The number of fused-ring (bicyclic) bond motifs is 1. The molecule has 3 rings (SSSR count). The summed E-state index contributed by atoms with van der Waals surface area (Å²) in [4.78, 5) is 34.9. The molecule has 0 radical (unpaired) electrons. The number of nitrogens with one attached hydrogen (secondary N) is 1. The van der Waals surface area contributed by atoms with Crippen LogP contribution in [0, 0.1) is 5.92 Å². The maximum absolute atomic E-state index is 13.0. The SMILES string of the molecule is CC(C)C[C@H](NC(=O)[C@@H](N)CCc1nc2cc(N(CCCl)CCCl)ccc2n1C)C(=O)OCCN1CCOCC1. The third-order valence-electron chi connectivity index (χ3n) is 7.11. The van der Waals surface area contributed by atoms with Gasteiger partial charge in [-0.25, -0.2) is 9.78 Å². The van der Waals surface area contributed by atoms with E-state index in [-0.39, 0.29) is 18.4 Å². The minimum Gasteiger partial charge on any atom is -0.463 e. The van der Waals surface area contributed by atoms with Gasteiger partial charge in [0.25, 0.3) is 0 Å². The largest absolute Gasteiger partial charge is 0.463 e. The van der Waals surface area contributed by atoms with E-state index in [1.165, 1.54) is 0 Å². The number of morpholine rings is 1. The first kappa shape index (κ1) is 32.4. The summed E-state index contributed by atoms with van der Waals surface area (Å²) in [5.74, 6) is 1.25. The number of aryl methyl sites for hydroxylation is 2. The quantitative estimate of drug-likeness (QED) is 0.224. The van der Waals surface area contributed by atoms with E-state index in [2.05, 4.69) is 15.1 Å². The molecule has 1 aromatic carbocycles. The van der Waals surface area contributed by atoms with E-state index in [4.69, 9.17) is 43.4 Å². The normalized spacial score (nSPS) is 15.8. The summed E-state index contributed by atoms with van der Waals surface area (Å²) in [7, 11) is 1.96. The number of amides is 1. The first-order valence-electron chi connectivity index (χ1n) is 14.1. The zero-order chi connectivity index (χ0) is 29.1. The number of rotatable bonds is 16. The molecule has 0 spiro atoms. The fourth-order valence-corrected chi connectivity index (χ4v) is 5.22. The second-order valence-electron chi connectivity index (χ2n) is 10.6. The summed E-state index contributed by atoms with van der Waals surface area (Å²) < 4.78 is 12.9. The van der Waals surface area contributed by atoms with Gasteiger partial charge in [0.05, 0.1) is 30.3 Å². The van der Waals surface area contributed by atoms with Gasteiger partial charge in [-0.1, -0.05) is 13.8 Å². The van der Waals surface area contributed by atoms with E-state index >= 15 is 0 Å². The van der Waals surface area contributed by atoms with Crippen LogP contribution >= 0.6 is 23.2 Å². The van der Waals surface area contributed by atoms with Crippen LogP contribution in [0.3, 0.4) is 0 Å². The monoisotopic (exact) mass is 598 g/mol. The number of carbonyl (C=O) groups is 2. The van der Waals surface area contributed by atoms with Crippen LogP contribution in [0.15, 0.2) is 18.2 Å². The third kappa shape index (κ3) is 9.48. The maximum Gasteiger partial charge on any atom is 0.328 e. The van der Waals surface area contributed by atoms with Crippen molar-refractivity contribution in [3.05, 3.63) is 24.0 Å². The maximum atomic E-state index is 13.0. The van der Waals surface area contributed by atoms with Crippen molar-refractivity contribution in [3.8, 4) is 0 Å². The van der Waals surface area contributed by atoms with Crippen LogP contribution in [0.1, 0.15) is 32.5 Å². The molecule has 0 saturated carbocycles. The molecule has 2 heterocycles. The number of esters is 1. The van der Waals surface area contributed by atoms with Crippen molar-refractivity contribution in [2.24, 2.45) is 18.7 Å². The number of carbonyl (C=O) groups excluding carboxylic acids is 2. The van der Waals surface area contributed by atoms with E-state index in [0.29, 0.717) is 63.9 Å². The lowest BCUT2D eigenvalue weighted by atomic mass is 10.0. The second-order valence-corrected chi connectivity index (χ2v) is 11.3. The highest BCUT2D eigenvalue weighted by atomic mass is 35.5. The summed E-state index contributed by atoms with van der Waals surface area (Å²) in [6, 6.07) is 4.59. The van der Waals surface area contributed by atoms with Crippen molar-refractivity contribution in [1.29, 1.82) is 0 Å². The number of benzene rings is 1. The first-order chi connectivity index (χ1) is 19.2. The van der Waals surface area contributed by atoms with Crippen LogP contribution in [0.5, 0.6) is 0 Å². The number of hydrogen-bond donors (Lipinski definition) is 2. The molecule has 2 atom stereocenters. The molecule has 0 bridgehead atoms. The van der Waals surface area contributed by atoms with Gasteiger partial charge in [-0.3, -0.25) is 9.69 Å². The van der Waals surface area contributed by atoms with Gasteiger partial charge < -0.3 is 30.0 Å². The van der Waals surface area contributed by atoms with E-state index in [1.54, 1.807) is 0 Å². The number of aromatic nitrogens is 2. The molecule has 3 N–H and O–H groups in total. The average molecular weight is 600 g/mol. The van der Waals surface area contributed by atoms with Crippen LogP contribution < -0.4 is 16.0 Å². The van der Waals surface area contributed by atoms with Crippen molar-refractivity contribution >= 4 is 51.8 Å². The molecule has 12 heteroatoms. The number of hydrogen-bond acceptors (Lipinski definition) is 8. The Morgan fingerprint density at radius 2 is 1.90 bits per heavy atom. The summed E-state index contributed by atoms with van der Waals surface area (Å²) in [5.41, 5.74) is 9.13. The molecule has 10 nitrogen and oxygen atoms in total. The summed E-state index contributed by atoms with van der Waals surface area (Å²) >= 11 is 11.9. The van der Waals surface area contributed by atoms with Crippen molar-refractivity contribution < 1.29 is 19.1 Å². The summed E-state index contributed by atoms with van der Waals surface area (Å²) in [6.07, 6.45) is 1.38. The van der Waals surface area contributed by atoms with Crippen LogP contribution in [0.4, 0.5) is 5.69 Å². The predicted molar refractivity (Wildman–Crippen MR) is 160 cm³/mol. The molecule has 224 valence electrons. The van der Waals surface area contributed by atoms with Gasteiger partial charge in [0.15, 0.2) is 0 Å². The van der Waals surface area contributed by atoms with E-state index < -0.39 is 18.1 Å². The Bertz CT molecular complexity index is 1090. The number of imidazole rings is 1. The predicted octanol–water partition coefficient (Wildman–Crippen LogP) is 2.52. The molecular weight excluding hydrogens is 555 g/mol. The highest BCUT2D eigenvalue weighted by Crippen LogP contribution is 2.23. The Morgan fingerprint density at radius 1 is 1.20 bits per heavy atom. The molecule has 0 unspecified atom stereocenters. The Balaban J connectivity index is 1.56. The van der Waals surface area contributed by atoms with Crippen LogP contribution in [-0.2, 0) is 32.5 Å². The Kier molecular flexibility index (Phi) is 13.3. The summed E-state index contributed by atoms with van der Waals surface area (Å²) in [5, 5.41) is 2.83.